The molecule has 11 aromatic carbocycles. The van der Waals surface area contributed by atoms with Gasteiger partial charge in [0.05, 0.1) is 11.4 Å². The minimum Gasteiger partial charge on any atom is -0.456 e. The smallest absolute Gasteiger partial charge is 0.160 e. The molecule has 0 aliphatic rings. The molecule has 13 aromatic rings. The Bertz CT molecular complexity index is 3970. The molecule has 0 saturated carbocycles. The summed E-state index contributed by atoms with van der Waals surface area (Å²) < 4.78 is 6.16. The lowest BCUT2D eigenvalue weighted by molar-refractivity contribution is 0.631. The summed E-state index contributed by atoms with van der Waals surface area (Å²) in [6, 6.07) is 86.6. The Hall–Kier alpha value is -8.92. The highest BCUT2D eigenvalue weighted by Gasteiger charge is 2.19. The zero-order valence-electron chi connectivity index (χ0n) is 36.4. The van der Waals surface area contributed by atoms with Gasteiger partial charge in [0.25, 0.3) is 0 Å². The molecule has 67 heavy (non-hydrogen) atoms. The van der Waals surface area contributed by atoms with Crippen LogP contribution in [0.25, 0.3) is 133 Å². The van der Waals surface area contributed by atoms with Crippen LogP contribution >= 0.6 is 0 Å². The Kier molecular flexibility index (Phi) is 9.17. The van der Waals surface area contributed by atoms with E-state index in [2.05, 4.69) is 206 Å². The van der Waals surface area contributed by atoms with Gasteiger partial charge < -0.3 is 4.42 Å². The van der Waals surface area contributed by atoms with Crippen LogP contribution in [0.2, 0.25) is 0 Å². The van der Waals surface area contributed by atoms with E-state index in [-0.39, 0.29) is 0 Å². The highest BCUT2D eigenvalue weighted by atomic mass is 16.3. The summed E-state index contributed by atoms with van der Waals surface area (Å²) in [5.41, 5.74) is 13.9. The Morgan fingerprint density at radius 3 is 1.46 bits per heavy atom. The summed E-state index contributed by atoms with van der Waals surface area (Å²) >= 11 is 0. The van der Waals surface area contributed by atoms with E-state index in [9.17, 15) is 0 Å². The third-order valence-electron chi connectivity index (χ3n) is 13.3. The second-order valence-electron chi connectivity index (χ2n) is 17.3. The normalized spacial score (nSPS) is 11.6. The number of hydrogen-bond acceptors (Lipinski definition) is 3. The molecule has 3 heteroatoms. The number of para-hydroxylation sites is 1. The summed E-state index contributed by atoms with van der Waals surface area (Å²) in [6.07, 6.45) is 0. The lowest BCUT2D eigenvalue weighted by Crippen LogP contribution is -1.96. The zero-order valence-corrected chi connectivity index (χ0v) is 36.4. The van der Waals surface area contributed by atoms with Crippen LogP contribution in [0.3, 0.4) is 0 Å². The van der Waals surface area contributed by atoms with Gasteiger partial charge in [-0.2, -0.15) is 0 Å². The summed E-state index contributed by atoms with van der Waals surface area (Å²) in [7, 11) is 0. The van der Waals surface area contributed by atoms with Gasteiger partial charge in [-0.3, -0.25) is 0 Å². The Labute approximate surface area is 387 Å². The molecule has 0 amide bonds. The van der Waals surface area contributed by atoms with Crippen LogP contribution in [-0.4, -0.2) is 9.97 Å². The summed E-state index contributed by atoms with van der Waals surface area (Å²) in [5.74, 6) is 1.53. The van der Waals surface area contributed by atoms with Crippen molar-refractivity contribution in [2.45, 2.75) is 0 Å². The molecule has 0 radical (unpaired) electrons. The van der Waals surface area contributed by atoms with E-state index in [0.29, 0.717) is 5.82 Å². The minimum atomic E-state index is 0.689. The SMILES string of the molecule is c1ccc(-c2nc(-c3ccc(-c4ccc5cc(-c6c7ccccc7c(-c7ccccc7)c7ccc8ccccc8c67)ccc5c4)cc3)cc(-c3ccc(-c4cc5ccccc5o4)cc3)n2)cc1. The number of furan rings is 1. The van der Waals surface area contributed by atoms with E-state index >= 15 is 0 Å². The van der Waals surface area contributed by atoms with Crippen molar-refractivity contribution in [1.82, 2.24) is 9.97 Å². The fourth-order valence-electron chi connectivity index (χ4n) is 9.97. The van der Waals surface area contributed by atoms with Crippen molar-refractivity contribution in [3.63, 3.8) is 0 Å². The number of rotatable bonds is 7. The van der Waals surface area contributed by atoms with Gasteiger partial charge >= 0.3 is 0 Å². The Balaban J connectivity index is 0.859. The van der Waals surface area contributed by atoms with Gasteiger partial charge in [0, 0.05) is 27.6 Å². The van der Waals surface area contributed by atoms with Crippen LogP contribution in [0, 0.1) is 0 Å². The lowest BCUT2D eigenvalue weighted by Gasteiger charge is -2.19. The minimum absolute atomic E-state index is 0.689. The molecule has 0 fully saturated rings. The molecular formula is C64H40N2O. The third-order valence-corrected chi connectivity index (χ3v) is 13.3. The Morgan fingerprint density at radius 1 is 0.269 bits per heavy atom. The molecule has 2 heterocycles. The number of benzene rings is 11. The van der Waals surface area contributed by atoms with Crippen LogP contribution in [0.4, 0.5) is 0 Å². The molecule has 0 bridgehead atoms. The predicted octanol–water partition coefficient (Wildman–Crippen LogP) is 17.5. The van der Waals surface area contributed by atoms with Crippen molar-refractivity contribution in [3.05, 3.63) is 243 Å². The topological polar surface area (TPSA) is 38.9 Å². The van der Waals surface area contributed by atoms with Gasteiger partial charge in [-0.05, 0) is 107 Å². The van der Waals surface area contributed by atoms with Crippen molar-refractivity contribution >= 4 is 54.1 Å². The highest BCUT2D eigenvalue weighted by molar-refractivity contribution is 6.28. The van der Waals surface area contributed by atoms with Gasteiger partial charge in [0.15, 0.2) is 5.82 Å². The summed E-state index contributed by atoms with van der Waals surface area (Å²) in [5, 5.41) is 11.1. The number of nitrogens with zero attached hydrogens (tertiary/aromatic N) is 2. The lowest BCUT2D eigenvalue weighted by atomic mass is 9.83. The van der Waals surface area contributed by atoms with E-state index in [1.165, 1.54) is 70.9 Å². The highest BCUT2D eigenvalue weighted by Crippen LogP contribution is 2.47. The molecule has 0 aliphatic heterocycles. The maximum absolute atomic E-state index is 6.16. The molecule has 2 aromatic heterocycles. The van der Waals surface area contributed by atoms with Gasteiger partial charge in [0.1, 0.15) is 11.3 Å². The fraction of sp³-hybridized carbons (Fsp3) is 0. The van der Waals surface area contributed by atoms with Crippen LogP contribution in [-0.2, 0) is 0 Å². The second-order valence-corrected chi connectivity index (χ2v) is 17.3. The fourth-order valence-corrected chi connectivity index (χ4v) is 9.97. The predicted molar refractivity (Wildman–Crippen MR) is 280 cm³/mol. The molecule has 0 saturated heterocycles. The quantitative estimate of drug-likeness (QED) is 0.118. The van der Waals surface area contributed by atoms with Crippen molar-refractivity contribution in [2.75, 3.05) is 0 Å². The van der Waals surface area contributed by atoms with Crippen molar-refractivity contribution < 1.29 is 4.42 Å². The second kappa shape index (κ2) is 16.0. The first-order chi connectivity index (χ1) is 33.2. The molecule has 0 unspecified atom stereocenters. The Morgan fingerprint density at radius 2 is 0.776 bits per heavy atom. The van der Waals surface area contributed by atoms with Crippen molar-refractivity contribution in [3.8, 4) is 78.6 Å². The molecule has 13 rings (SSSR count). The maximum atomic E-state index is 6.16. The number of hydrogen-bond donors (Lipinski definition) is 0. The average Bonchev–Trinajstić information content (AvgIpc) is 3.85. The van der Waals surface area contributed by atoms with Crippen molar-refractivity contribution in [1.29, 1.82) is 0 Å². The van der Waals surface area contributed by atoms with Gasteiger partial charge in [-0.1, -0.05) is 212 Å². The molecule has 0 aliphatic carbocycles. The van der Waals surface area contributed by atoms with Gasteiger partial charge in [-0.25, -0.2) is 9.97 Å². The van der Waals surface area contributed by atoms with E-state index in [1.807, 2.05) is 36.4 Å². The van der Waals surface area contributed by atoms with E-state index in [1.54, 1.807) is 0 Å². The maximum Gasteiger partial charge on any atom is 0.160 e. The van der Waals surface area contributed by atoms with Crippen molar-refractivity contribution in [2.24, 2.45) is 0 Å². The monoisotopic (exact) mass is 852 g/mol. The first-order valence-corrected chi connectivity index (χ1v) is 22.8. The molecule has 3 nitrogen and oxygen atoms in total. The largest absolute Gasteiger partial charge is 0.456 e. The van der Waals surface area contributed by atoms with E-state index in [0.717, 1.165) is 55.9 Å². The van der Waals surface area contributed by atoms with Crippen LogP contribution in [0.1, 0.15) is 0 Å². The van der Waals surface area contributed by atoms with E-state index < -0.39 is 0 Å². The molecule has 0 atom stereocenters. The zero-order chi connectivity index (χ0) is 44.3. The van der Waals surface area contributed by atoms with Gasteiger partial charge in [-0.15, -0.1) is 0 Å². The molecular weight excluding hydrogens is 813 g/mol. The number of aromatic nitrogens is 2. The number of fused-ring (bicyclic) bond motifs is 6. The average molecular weight is 853 g/mol. The molecule has 0 N–H and O–H groups in total. The first-order valence-electron chi connectivity index (χ1n) is 22.8. The van der Waals surface area contributed by atoms with E-state index in [4.69, 9.17) is 14.4 Å². The van der Waals surface area contributed by atoms with Gasteiger partial charge in [0.2, 0.25) is 0 Å². The molecule has 0 spiro atoms. The standard InChI is InChI=1S/C64H40N2O/c1-3-14-46(15-4-1)61-54-20-10-11-21-55(54)62(63-53-19-9-7-13-42(53)35-36-56(61)63)52-34-33-49-37-48(31-32-50(49)38-52)41-23-25-43(26-24-41)57-40-58(66-64(65-57)47-16-5-2-6-17-47)44-27-29-45(30-28-44)60-39-51-18-8-12-22-59(51)67-60/h1-40H. The van der Waals surface area contributed by atoms with Crippen LogP contribution < -0.4 is 0 Å². The van der Waals surface area contributed by atoms with Crippen LogP contribution in [0.15, 0.2) is 247 Å². The summed E-state index contributed by atoms with van der Waals surface area (Å²) in [6.45, 7) is 0. The van der Waals surface area contributed by atoms with Crippen LogP contribution in [0.5, 0.6) is 0 Å². The summed E-state index contributed by atoms with van der Waals surface area (Å²) in [4.78, 5) is 10.2. The molecule has 312 valence electrons. The third kappa shape index (κ3) is 6.84. The first kappa shape index (κ1) is 38.5.